The number of benzene rings is 3. The molecule has 0 saturated carbocycles. The van der Waals surface area contributed by atoms with Crippen molar-refractivity contribution in [3.8, 4) is 11.5 Å². The zero-order valence-electron chi connectivity index (χ0n) is 16.0. The SMILES string of the molecule is CCC(Nc1ccc(Br)cc1)C(=O)N/N=C/c1cccc(Oc2ccccc2)c1. The summed E-state index contributed by atoms with van der Waals surface area (Å²) in [4.78, 5) is 12.4. The maximum atomic E-state index is 12.4. The molecule has 3 aromatic carbocycles. The zero-order valence-corrected chi connectivity index (χ0v) is 17.6. The van der Waals surface area contributed by atoms with E-state index in [-0.39, 0.29) is 11.9 Å². The molecule has 6 heteroatoms. The van der Waals surface area contributed by atoms with Crippen LogP contribution in [0.4, 0.5) is 5.69 Å². The van der Waals surface area contributed by atoms with Gasteiger partial charge in [-0.15, -0.1) is 0 Å². The molecule has 0 aliphatic rings. The standard InChI is InChI=1S/C23H22BrN3O2/c1-2-22(26-19-13-11-18(24)12-14-19)23(28)27-25-16-17-7-6-10-21(15-17)29-20-8-4-3-5-9-20/h3-16,22,26H,2H2,1H3,(H,27,28)/b25-16+. The third-order valence-electron chi connectivity index (χ3n) is 4.14. The molecule has 0 radical (unpaired) electrons. The van der Waals surface area contributed by atoms with E-state index in [1.807, 2.05) is 85.8 Å². The Morgan fingerprint density at radius 1 is 1.03 bits per heavy atom. The Kier molecular flexibility index (Phi) is 7.41. The largest absolute Gasteiger partial charge is 0.457 e. The first kappa shape index (κ1) is 20.6. The smallest absolute Gasteiger partial charge is 0.262 e. The van der Waals surface area contributed by atoms with E-state index >= 15 is 0 Å². The van der Waals surface area contributed by atoms with Crippen LogP contribution in [-0.2, 0) is 4.79 Å². The van der Waals surface area contributed by atoms with Gasteiger partial charge in [-0.05, 0) is 60.5 Å². The fourth-order valence-electron chi connectivity index (χ4n) is 2.63. The zero-order chi connectivity index (χ0) is 20.5. The van der Waals surface area contributed by atoms with Crippen LogP contribution < -0.4 is 15.5 Å². The molecule has 0 aromatic heterocycles. The Hall–Kier alpha value is -3.12. The van der Waals surface area contributed by atoms with Crippen molar-refractivity contribution in [2.75, 3.05) is 5.32 Å². The average Bonchev–Trinajstić information content (AvgIpc) is 2.74. The maximum absolute atomic E-state index is 12.4. The van der Waals surface area contributed by atoms with E-state index in [2.05, 4.69) is 31.8 Å². The number of para-hydroxylation sites is 1. The van der Waals surface area contributed by atoms with Crippen LogP contribution in [0, 0.1) is 0 Å². The normalized spacial score (nSPS) is 11.8. The lowest BCUT2D eigenvalue weighted by Gasteiger charge is -2.16. The fourth-order valence-corrected chi connectivity index (χ4v) is 2.90. The number of carbonyl (C=O) groups excluding carboxylic acids is 1. The van der Waals surface area contributed by atoms with Gasteiger partial charge >= 0.3 is 0 Å². The van der Waals surface area contributed by atoms with Gasteiger partial charge in [0.2, 0.25) is 0 Å². The monoisotopic (exact) mass is 451 g/mol. The fraction of sp³-hybridized carbons (Fsp3) is 0.130. The van der Waals surface area contributed by atoms with Gasteiger partial charge < -0.3 is 10.1 Å². The van der Waals surface area contributed by atoms with Crippen molar-refractivity contribution in [1.29, 1.82) is 0 Å². The third kappa shape index (κ3) is 6.47. The Morgan fingerprint density at radius 2 is 1.76 bits per heavy atom. The lowest BCUT2D eigenvalue weighted by atomic mass is 10.2. The molecule has 148 valence electrons. The van der Waals surface area contributed by atoms with Crippen molar-refractivity contribution < 1.29 is 9.53 Å². The number of amides is 1. The van der Waals surface area contributed by atoms with E-state index in [1.54, 1.807) is 6.21 Å². The summed E-state index contributed by atoms with van der Waals surface area (Å²) in [6, 6.07) is 24.4. The van der Waals surface area contributed by atoms with Gasteiger partial charge in [0.25, 0.3) is 5.91 Å². The summed E-state index contributed by atoms with van der Waals surface area (Å²) in [5.41, 5.74) is 4.31. The summed E-state index contributed by atoms with van der Waals surface area (Å²) in [5, 5.41) is 7.30. The molecule has 2 N–H and O–H groups in total. The molecule has 0 saturated heterocycles. The molecule has 1 unspecified atom stereocenters. The van der Waals surface area contributed by atoms with E-state index in [0.29, 0.717) is 12.2 Å². The Morgan fingerprint density at radius 3 is 2.48 bits per heavy atom. The van der Waals surface area contributed by atoms with Gasteiger partial charge in [-0.3, -0.25) is 4.79 Å². The molecule has 0 aliphatic heterocycles. The molecular weight excluding hydrogens is 430 g/mol. The molecule has 0 fully saturated rings. The van der Waals surface area contributed by atoms with Crippen LogP contribution in [0.3, 0.4) is 0 Å². The summed E-state index contributed by atoms with van der Waals surface area (Å²) < 4.78 is 6.80. The van der Waals surface area contributed by atoms with Crippen molar-refractivity contribution >= 4 is 33.7 Å². The highest BCUT2D eigenvalue weighted by atomic mass is 79.9. The van der Waals surface area contributed by atoms with Crippen molar-refractivity contribution in [2.45, 2.75) is 19.4 Å². The number of rotatable bonds is 8. The van der Waals surface area contributed by atoms with E-state index in [0.717, 1.165) is 21.5 Å². The first-order chi connectivity index (χ1) is 14.1. The van der Waals surface area contributed by atoms with Crippen molar-refractivity contribution in [3.05, 3.63) is 88.9 Å². The number of carbonyl (C=O) groups is 1. The lowest BCUT2D eigenvalue weighted by Crippen LogP contribution is -2.36. The van der Waals surface area contributed by atoms with Crippen molar-refractivity contribution in [1.82, 2.24) is 5.43 Å². The van der Waals surface area contributed by atoms with Gasteiger partial charge in [0, 0.05) is 10.2 Å². The van der Waals surface area contributed by atoms with Crippen LogP contribution in [-0.4, -0.2) is 18.2 Å². The Bertz CT molecular complexity index is 959. The number of ether oxygens (including phenoxy) is 1. The van der Waals surface area contributed by atoms with Crippen molar-refractivity contribution in [2.24, 2.45) is 5.10 Å². The topological polar surface area (TPSA) is 62.7 Å². The third-order valence-corrected chi connectivity index (χ3v) is 4.66. The first-order valence-corrected chi connectivity index (χ1v) is 10.1. The summed E-state index contributed by atoms with van der Waals surface area (Å²) in [6.07, 6.45) is 2.24. The second kappa shape index (κ2) is 10.4. The Labute approximate surface area is 178 Å². The average molecular weight is 452 g/mol. The molecule has 0 heterocycles. The summed E-state index contributed by atoms with van der Waals surface area (Å²) in [7, 11) is 0. The first-order valence-electron chi connectivity index (χ1n) is 9.32. The quantitative estimate of drug-likeness (QED) is 0.346. The molecule has 3 rings (SSSR count). The van der Waals surface area contributed by atoms with E-state index in [1.165, 1.54) is 0 Å². The van der Waals surface area contributed by atoms with Gasteiger partial charge in [-0.1, -0.05) is 53.2 Å². The van der Waals surface area contributed by atoms with Gasteiger partial charge in [0.05, 0.1) is 6.21 Å². The van der Waals surface area contributed by atoms with E-state index in [4.69, 9.17) is 4.74 Å². The summed E-state index contributed by atoms with van der Waals surface area (Å²) in [6.45, 7) is 1.95. The number of hydrogen-bond donors (Lipinski definition) is 2. The minimum atomic E-state index is -0.374. The molecule has 0 spiro atoms. The van der Waals surface area contributed by atoms with Gasteiger partial charge in [0.1, 0.15) is 17.5 Å². The van der Waals surface area contributed by atoms with E-state index in [9.17, 15) is 4.79 Å². The second-order valence-electron chi connectivity index (χ2n) is 6.33. The molecule has 29 heavy (non-hydrogen) atoms. The molecular formula is C23H22BrN3O2. The molecule has 3 aromatic rings. The van der Waals surface area contributed by atoms with E-state index < -0.39 is 0 Å². The van der Waals surface area contributed by atoms with Crippen LogP contribution in [0.25, 0.3) is 0 Å². The molecule has 0 bridgehead atoms. The minimum absolute atomic E-state index is 0.191. The number of hydrazone groups is 1. The second-order valence-corrected chi connectivity index (χ2v) is 7.25. The number of halogens is 1. The maximum Gasteiger partial charge on any atom is 0.262 e. The lowest BCUT2D eigenvalue weighted by molar-refractivity contribution is -0.121. The summed E-state index contributed by atoms with van der Waals surface area (Å²) in [5.74, 6) is 1.28. The minimum Gasteiger partial charge on any atom is -0.457 e. The number of nitrogens with one attached hydrogen (secondary N) is 2. The number of hydrogen-bond acceptors (Lipinski definition) is 4. The molecule has 0 aliphatic carbocycles. The Balaban J connectivity index is 1.57. The highest BCUT2D eigenvalue weighted by Crippen LogP contribution is 2.21. The van der Waals surface area contributed by atoms with Crippen LogP contribution >= 0.6 is 15.9 Å². The number of anilines is 1. The number of nitrogens with zero attached hydrogens (tertiary/aromatic N) is 1. The molecule has 1 atom stereocenters. The van der Waals surface area contributed by atoms with Crippen LogP contribution in [0.2, 0.25) is 0 Å². The van der Waals surface area contributed by atoms with Crippen LogP contribution in [0.5, 0.6) is 11.5 Å². The van der Waals surface area contributed by atoms with Crippen molar-refractivity contribution in [3.63, 3.8) is 0 Å². The van der Waals surface area contributed by atoms with Crippen LogP contribution in [0.15, 0.2) is 88.4 Å². The highest BCUT2D eigenvalue weighted by Gasteiger charge is 2.15. The predicted molar refractivity (Wildman–Crippen MR) is 121 cm³/mol. The van der Waals surface area contributed by atoms with Gasteiger partial charge in [0.15, 0.2) is 0 Å². The van der Waals surface area contributed by atoms with Gasteiger partial charge in [-0.25, -0.2) is 5.43 Å². The van der Waals surface area contributed by atoms with Crippen LogP contribution in [0.1, 0.15) is 18.9 Å². The predicted octanol–water partition coefficient (Wildman–Crippen LogP) is 5.58. The summed E-state index contributed by atoms with van der Waals surface area (Å²) >= 11 is 3.40. The molecule has 1 amide bonds. The highest BCUT2D eigenvalue weighted by molar-refractivity contribution is 9.10. The molecule has 5 nitrogen and oxygen atoms in total. The van der Waals surface area contributed by atoms with Gasteiger partial charge in [-0.2, -0.15) is 5.10 Å².